The maximum Gasteiger partial charge on any atom is 0.0511 e. The highest BCUT2D eigenvalue weighted by molar-refractivity contribution is 7.25. The Morgan fingerprint density at radius 1 is 0.389 bits per heavy atom. The number of anilines is 3. The lowest BCUT2D eigenvalue weighted by Crippen LogP contribution is -2.20. The second-order valence-electron chi connectivity index (χ2n) is 15.0. The molecule has 2 heteroatoms. The van der Waals surface area contributed by atoms with Crippen LogP contribution in [0.1, 0.15) is 26.3 Å². The molecule has 0 saturated carbocycles. The van der Waals surface area contributed by atoms with Crippen LogP contribution in [0.4, 0.5) is 17.1 Å². The van der Waals surface area contributed by atoms with Gasteiger partial charge in [0.1, 0.15) is 0 Å². The molecule has 1 heterocycles. The first-order valence-electron chi connectivity index (χ1n) is 18.7. The summed E-state index contributed by atoms with van der Waals surface area (Å²) in [5.74, 6) is 0. The number of rotatable bonds is 7. The number of fused-ring (bicyclic) bond motifs is 3. The molecule has 9 rings (SSSR count). The van der Waals surface area contributed by atoms with Crippen LogP contribution in [0.15, 0.2) is 194 Å². The summed E-state index contributed by atoms with van der Waals surface area (Å²) in [6, 6.07) is 70.8. The maximum absolute atomic E-state index is 2.47. The average Bonchev–Trinajstić information content (AvgIpc) is 3.61. The van der Waals surface area contributed by atoms with E-state index in [0.29, 0.717) is 0 Å². The van der Waals surface area contributed by atoms with Gasteiger partial charge in [-0.15, -0.1) is 11.3 Å². The minimum Gasteiger partial charge on any atom is -0.310 e. The van der Waals surface area contributed by atoms with Crippen molar-refractivity contribution in [3.8, 4) is 44.5 Å². The second kappa shape index (κ2) is 14.0. The zero-order valence-electron chi connectivity index (χ0n) is 30.8. The molecule has 0 saturated heterocycles. The van der Waals surface area contributed by atoms with Gasteiger partial charge in [0.2, 0.25) is 0 Å². The summed E-state index contributed by atoms with van der Waals surface area (Å²) in [6.45, 7) is 7.02. The molecule has 0 aliphatic heterocycles. The number of hydrogen-bond donors (Lipinski definition) is 0. The summed E-state index contributed by atoms with van der Waals surface area (Å²) < 4.78 is 2.64. The van der Waals surface area contributed by atoms with E-state index in [9.17, 15) is 0 Å². The van der Waals surface area contributed by atoms with E-state index >= 15 is 0 Å². The molecule has 0 spiro atoms. The molecular formula is C52H41NS. The molecule has 0 fully saturated rings. The summed E-state index contributed by atoms with van der Waals surface area (Å²) in [5, 5.41) is 2.65. The van der Waals surface area contributed by atoms with Crippen molar-refractivity contribution in [3.05, 3.63) is 200 Å². The van der Waals surface area contributed by atoms with Gasteiger partial charge in [0.05, 0.1) is 5.69 Å². The van der Waals surface area contributed by atoms with Crippen molar-refractivity contribution in [1.82, 2.24) is 0 Å². The fraction of sp³-hybridized carbons (Fsp3) is 0.0769. The molecule has 0 aliphatic rings. The summed E-state index contributed by atoms with van der Waals surface area (Å²) in [7, 11) is 0. The second-order valence-corrected chi connectivity index (χ2v) is 16.1. The van der Waals surface area contributed by atoms with Gasteiger partial charge >= 0.3 is 0 Å². The van der Waals surface area contributed by atoms with E-state index in [2.05, 4.69) is 220 Å². The average molecular weight is 712 g/mol. The van der Waals surface area contributed by atoms with Crippen LogP contribution in [0, 0.1) is 0 Å². The van der Waals surface area contributed by atoms with E-state index in [0.717, 1.165) is 11.4 Å². The van der Waals surface area contributed by atoms with Crippen LogP contribution in [0.3, 0.4) is 0 Å². The van der Waals surface area contributed by atoms with Gasteiger partial charge in [0, 0.05) is 31.5 Å². The highest BCUT2D eigenvalue weighted by Crippen LogP contribution is 2.48. The molecular weight excluding hydrogens is 671 g/mol. The molecule has 1 aromatic heterocycles. The molecule has 0 unspecified atom stereocenters. The number of hydrogen-bond acceptors (Lipinski definition) is 2. The molecule has 8 aromatic carbocycles. The Bertz CT molecular complexity index is 2700. The van der Waals surface area contributed by atoms with Gasteiger partial charge in [0.25, 0.3) is 0 Å². The van der Waals surface area contributed by atoms with Crippen molar-refractivity contribution in [2.75, 3.05) is 4.90 Å². The van der Waals surface area contributed by atoms with Gasteiger partial charge in [-0.3, -0.25) is 0 Å². The van der Waals surface area contributed by atoms with Crippen molar-refractivity contribution >= 4 is 48.6 Å². The first-order chi connectivity index (χ1) is 26.4. The molecule has 9 aromatic rings. The van der Waals surface area contributed by atoms with E-state index in [1.165, 1.54) is 75.9 Å². The summed E-state index contributed by atoms with van der Waals surface area (Å²) in [4.78, 5) is 2.47. The first kappa shape index (κ1) is 33.6. The summed E-state index contributed by atoms with van der Waals surface area (Å²) in [6.07, 6.45) is 0. The molecule has 0 N–H and O–H groups in total. The number of nitrogens with zero attached hydrogens (tertiary/aromatic N) is 1. The van der Waals surface area contributed by atoms with Crippen molar-refractivity contribution in [2.45, 2.75) is 26.2 Å². The van der Waals surface area contributed by atoms with Gasteiger partial charge in [-0.25, -0.2) is 0 Å². The standard InChI is InChI=1S/C52H41NS/c1-52(2,3)51-46(39-20-11-6-12-21-39)34-41(37-18-9-5-10-19-37)35-47(51)53(42-30-26-38(27-31-42)36-16-7-4-8-17-36)43-32-28-40(29-33-43)44-23-15-25-49-50(44)45-22-13-14-24-48(45)54-49/h4-35H,1-3H3. The first-order valence-corrected chi connectivity index (χ1v) is 19.5. The van der Waals surface area contributed by atoms with Gasteiger partial charge in [-0.1, -0.05) is 166 Å². The van der Waals surface area contributed by atoms with Crippen LogP contribution >= 0.6 is 11.3 Å². The Labute approximate surface area is 322 Å². The van der Waals surface area contributed by atoms with Crippen LogP contribution in [-0.4, -0.2) is 0 Å². The minimum atomic E-state index is -0.173. The lowest BCUT2D eigenvalue weighted by molar-refractivity contribution is 0.593. The van der Waals surface area contributed by atoms with Crippen LogP contribution < -0.4 is 4.90 Å². The third-order valence-corrected chi connectivity index (χ3v) is 11.5. The Hall–Kier alpha value is -6.22. The lowest BCUT2D eigenvalue weighted by atomic mass is 9.78. The fourth-order valence-electron chi connectivity index (χ4n) is 7.90. The quantitative estimate of drug-likeness (QED) is 0.159. The molecule has 0 aliphatic carbocycles. The SMILES string of the molecule is CC(C)(C)c1c(-c2ccccc2)cc(-c2ccccc2)cc1N(c1ccc(-c2ccccc2)cc1)c1ccc(-c2cccc3sc4ccccc4c23)cc1. The topological polar surface area (TPSA) is 3.24 Å². The van der Waals surface area contributed by atoms with Crippen LogP contribution in [0.25, 0.3) is 64.7 Å². The van der Waals surface area contributed by atoms with E-state index in [-0.39, 0.29) is 5.41 Å². The van der Waals surface area contributed by atoms with Crippen molar-refractivity contribution in [3.63, 3.8) is 0 Å². The molecule has 0 bridgehead atoms. The summed E-state index contributed by atoms with van der Waals surface area (Å²) in [5.41, 5.74) is 14.3. The minimum absolute atomic E-state index is 0.173. The Kier molecular flexibility index (Phi) is 8.69. The molecule has 54 heavy (non-hydrogen) atoms. The van der Waals surface area contributed by atoms with Crippen molar-refractivity contribution in [1.29, 1.82) is 0 Å². The third kappa shape index (κ3) is 6.29. The molecule has 0 atom stereocenters. The highest BCUT2D eigenvalue weighted by Gasteiger charge is 2.28. The van der Waals surface area contributed by atoms with E-state index in [1.54, 1.807) is 0 Å². The predicted octanol–water partition coefficient (Wildman–Crippen LogP) is 15.5. The molecule has 1 nitrogen and oxygen atoms in total. The lowest BCUT2D eigenvalue weighted by Gasteiger charge is -2.35. The van der Waals surface area contributed by atoms with Gasteiger partial charge in [-0.2, -0.15) is 0 Å². The van der Waals surface area contributed by atoms with Crippen molar-refractivity contribution < 1.29 is 0 Å². The van der Waals surface area contributed by atoms with Crippen LogP contribution in [-0.2, 0) is 5.41 Å². The van der Waals surface area contributed by atoms with E-state index in [1.807, 2.05) is 11.3 Å². The van der Waals surface area contributed by atoms with E-state index in [4.69, 9.17) is 0 Å². The largest absolute Gasteiger partial charge is 0.310 e. The van der Waals surface area contributed by atoms with Crippen LogP contribution in [0.2, 0.25) is 0 Å². The monoisotopic (exact) mass is 711 g/mol. The maximum atomic E-state index is 2.47. The normalized spacial score (nSPS) is 11.6. The third-order valence-electron chi connectivity index (χ3n) is 10.4. The molecule has 260 valence electrons. The Balaban J connectivity index is 1.27. The number of thiophene rings is 1. The smallest absolute Gasteiger partial charge is 0.0511 e. The molecule has 0 amide bonds. The van der Waals surface area contributed by atoms with Crippen LogP contribution in [0.5, 0.6) is 0 Å². The summed E-state index contributed by atoms with van der Waals surface area (Å²) >= 11 is 1.87. The highest BCUT2D eigenvalue weighted by atomic mass is 32.1. The number of benzene rings is 8. The Morgan fingerprint density at radius 3 is 1.48 bits per heavy atom. The van der Waals surface area contributed by atoms with Gasteiger partial charge in [0.15, 0.2) is 0 Å². The van der Waals surface area contributed by atoms with Gasteiger partial charge < -0.3 is 4.90 Å². The molecule has 0 radical (unpaired) electrons. The zero-order chi connectivity index (χ0) is 36.6. The zero-order valence-corrected chi connectivity index (χ0v) is 31.6. The van der Waals surface area contributed by atoms with Crippen molar-refractivity contribution in [2.24, 2.45) is 0 Å². The van der Waals surface area contributed by atoms with Gasteiger partial charge in [-0.05, 0) is 104 Å². The Morgan fingerprint density at radius 2 is 0.870 bits per heavy atom. The fourth-order valence-corrected chi connectivity index (χ4v) is 9.03. The van der Waals surface area contributed by atoms with E-state index < -0.39 is 0 Å². The predicted molar refractivity (Wildman–Crippen MR) is 234 cm³/mol.